The second kappa shape index (κ2) is 6.58. The number of nitrogens with zero attached hydrogens (tertiary/aromatic N) is 1. The van der Waals surface area contributed by atoms with Gasteiger partial charge in [0.15, 0.2) is 0 Å². The first-order valence-corrected chi connectivity index (χ1v) is 7.19. The maximum Gasteiger partial charge on any atom is 0.0453 e. The third-order valence-corrected chi connectivity index (χ3v) is 3.48. The fourth-order valence-electron chi connectivity index (χ4n) is 2.21. The molecule has 0 saturated heterocycles. The zero-order valence-electron chi connectivity index (χ0n) is 12.9. The van der Waals surface area contributed by atoms with E-state index in [2.05, 4.69) is 86.6 Å². The van der Waals surface area contributed by atoms with Gasteiger partial charge in [-0.3, -0.25) is 0 Å². The molecule has 0 aliphatic carbocycles. The summed E-state index contributed by atoms with van der Waals surface area (Å²) >= 11 is 0. The van der Waals surface area contributed by atoms with Crippen LogP contribution in [0.4, 0.5) is 11.4 Å². The Labute approximate surface area is 122 Å². The standard InChI is InChI=1S/C18H24N2/c1-14(2)19-13-16-7-5-6-8-18(16)20(4)17-11-9-15(3)10-12-17/h5-12,14,19H,13H2,1-4H3. The molecule has 0 amide bonds. The second-order valence-electron chi connectivity index (χ2n) is 5.56. The summed E-state index contributed by atoms with van der Waals surface area (Å²) in [5.41, 5.74) is 5.08. The van der Waals surface area contributed by atoms with E-state index in [9.17, 15) is 0 Å². The summed E-state index contributed by atoms with van der Waals surface area (Å²) in [7, 11) is 2.12. The Hall–Kier alpha value is -1.80. The minimum Gasteiger partial charge on any atom is -0.344 e. The summed E-state index contributed by atoms with van der Waals surface area (Å²) in [6.45, 7) is 7.35. The third kappa shape index (κ3) is 3.61. The van der Waals surface area contributed by atoms with Gasteiger partial charge in [0.1, 0.15) is 0 Å². The first kappa shape index (κ1) is 14.6. The Kier molecular flexibility index (Phi) is 4.80. The van der Waals surface area contributed by atoms with Gasteiger partial charge >= 0.3 is 0 Å². The van der Waals surface area contributed by atoms with Gasteiger partial charge in [0.2, 0.25) is 0 Å². The van der Waals surface area contributed by atoms with Crippen LogP contribution in [0.5, 0.6) is 0 Å². The van der Waals surface area contributed by atoms with Gasteiger partial charge in [-0.1, -0.05) is 49.7 Å². The van der Waals surface area contributed by atoms with Crippen molar-refractivity contribution in [3.8, 4) is 0 Å². The quantitative estimate of drug-likeness (QED) is 0.871. The molecule has 0 bridgehead atoms. The van der Waals surface area contributed by atoms with Gasteiger partial charge in [-0.15, -0.1) is 0 Å². The topological polar surface area (TPSA) is 15.3 Å². The number of para-hydroxylation sites is 1. The molecule has 0 spiro atoms. The average Bonchev–Trinajstić information content (AvgIpc) is 2.45. The number of nitrogens with one attached hydrogen (secondary N) is 1. The average molecular weight is 268 g/mol. The predicted octanol–water partition coefficient (Wildman–Crippen LogP) is 4.26. The molecule has 2 aromatic rings. The van der Waals surface area contributed by atoms with E-state index < -0.39 is 0 Å². The molecular weight excluding hydrogens is 244 g/mol. The lowest BCUT2D eigenvalue weighted by Gasteiger charge is -2.23. The van der Waals surface area contributed by atoms with E-state index in [0.29, 0.717) is 6.04 Å². The van der Waals surface area contributed by atoms with Crippen molar-refractivity contribution in [2.24, 2.45) is 0 Å². The summed E-state index contributed by atoms with van der Waals surface area (Å²) in [4.78, 5) is 2.25. The van der Waals surface area contributed by atoms with Gasteiger partial charge in [-0.25, -0.2) is 0 Å². The Morgan fingerprint density at radius 3 is 2.30 bits per heavy atom. The lowest BCUT2D eigenvalue weighted by molar-refractivity contribution is 0.589. The molecule has 0 radical (unpaired) electrons. The maximum atomic E-state index is 3.49. The summed E-state index contributed by atoms with van der Waals surface area (Å²) in [6.07, 6.45) is 0. The highest BCUT2D eigenvalue weighted by molar-refractivity contribution is 5.65. The van der Waals surface area contributed by atoms with Gasteiger partial charge < -0.3 is 10.2 Å². The van der Waals surface area contributed by atoms with Crippen molar-refractivity contribution < 1.29 is 0 Å². The maximum absolute atomic E-state index is 3.49. The van der Waals surface area contributed by atoms with E-state index >= 15 is 0 Å². The highest BCUT2D eigenvalue weighted by Crippen LogP contribution is 2.27. The van der Waals surface area contributed by atoms with E-state index in [0.717, 1.165) is 6.54 Å². The molecule has 0 saturated carbocycles. The Morgan fingerprint density at radius 2 is 1.65 bits per heavy atom. The minimum atomic E-state index is 0.493. The van der Waals surface area contributed by atoms with Crippen molar-refractivity contribution in [1.82, 2.24) is 5.32 Å². The lowest BCUT2D eigenvalue weighted by Crippen LogP contribution is -2.23. The SMILES string of the molecule is Cc1ccc(N(C)c2ccccc2CNC(C)C)cc1. The Bertz CT molecular complexity index is 544. The second-order valence-corrected chi connectivity index (χ2v) is 5.56. The van der Waals surface area contributed by atoms with E-state index in [1.165, 1.54) is 22.5 Å². The van der Waals surface area contributed by atoms with Gasteiger partial charge in [0, 0.05) is 31.0 Å². The molecule has 1 N–H and O–H groups in total. The molecule has 106 valence electrons. The van der Waals surface area contributed by atoms with Gasteiger partial charge in [0.05, 0.1) is 0 Å². The first-order chi connectivity index (χ1) is 9.58. The highest BCUT2D eigenvalue weighted by atomic mass is 15.1. The predicted molar refractivity (Wildman–Crippen MR) is 87.7 cm³/mol. The van der Waals surface area contributed by atoms with Crippen LogP contribution in [0, 0.1) is 6.92 Å². The van der Waals surface area contributed by atoms with Crippen LogP contribution in [-0.2, 0) is 6.54 Å². The van der Waals surface area contributed by atoms with Gasteiger partial charge in [-0.2, -0.15) is 0 Å². The van der Waals surface area contributed by atoms with Gasteiger partial charge in [0.25, 0.3) is 0 Å². The zero-order chi connectivity index (χ0) is 14.5. The summed E-state index contributed by atoms with van der Waals surface area (Å²) in [5.74, 6) is 0. The molecule has 2 nitrogen and oxygen atoms in total. The number of hydrogen-bond acceptors (Lipinski definition) is 2. The van der Waals surface area contributed by atoms with Crippen LogP contribution in [0.1, 0.15) is 25.0 Å². The van der Waals surface area contributed by atoms with Crippen LogP contribution >= 0.6 is 0 Å². The van der Waals surface area contributed by atoms with E-state index in [1.807, 2.05) is 0 Å². The molecule has 0 unspecified atom stereocenters. The lowest BCUT2D eigenvalue weighted by atomic mass is 10.1. The Balaban J connectivity index is 2.24. The van der Waals surface area contributed by atoms with Crippen LogP contribution in [-0.4, -0.2) is 13.1 Å². The van der Waals surface area contributed by atoms with Crippen molar-refractivity contribution in [1.29, 1.82) is 0 Å². The molecule has 0 heterocycles. The molecule has 2 aromatic carbocycles. The molecule has 20 heavy (non-hydrogen) atoms. The summed E-state index contributed by atoms with van der Waals surface area (Å²) < 4.78 is 0. The fraction of sp³-hybridized carbons (Fsp3) is 0.333. The molecule has 0 aliphatic heterocycles. The molecular formula is C18H24N2. The normalized spacial score (nSPS) is 10.8. The smallest absolute Gasteiger partial charge is 0.0453 e. The minimum absolute atomic E-state index is 0.493. The van der Waals surface area contributed by atoms with Crippen molar-refractivity contribution >= 4 is 11.4 Å². The number of aryl methyl sites for hydroxylation is 1. The molecule has 2 heteroatoms. The summed E-state index contributed by atoms with van der Waals surface area (Å²) in [5, 5.41) is 3.49. The third-order valence-electron chi connectivity index (χ3n) is 3.48. The van der Waals surface area contributed by atoms with Crippen LogP contribution in [0.2, 0.25) is 0 Å². The van der Waals surface area contributed by atoms with E-state index in [1.54, 1.807) is 0 Å². The van der Waals surface area contributed by atoms with Crippen molar-refractivity contribution in [2.45, 2.75) is 33.4 Å². The molecule has 0 aliphatic rings. The van der Waals surface area contributed by atoms with Crippen LogP contribution in [0.3, 0.4) is 0 Å². The molecule has 2 rings (SSSR count). The summed E-state index contributed by atoms with van der Waals surface area (Å²) in [6, 6.07) is 17.7. The van der Waals surface area contributed by atoms with Crippen molar-refractivity contribution in [2.75, 3.05) is 11.9 Å². The van der Waals surface area contributed by atoms with Crippen molar-refractivity contribution in [3.63, 3.8) is 0 Å². The Morgan fingerprint density at radius 1 is 1.00 bits per heavy atom. The largest absolute Gasteiger partial charge is 0.344 e. The molecule has 0 fully saturated rings. The number of anilines is 2. The monoisotopic (exact) mass is 268 g/mol. The van der Waals surface area contributed by atoms with Gasteiger partial charge in [-0.05, 0) is 30.7 Å². The van der Waals surface area contributed by atoms with E-state index in [4.69, 9.17) is 0 Å². The van der Waals surface area contributed by atoms with Crippen LogP contribution < -0.4 is 10.2 Å². The highest BCUT2D eigenvalue weighted by Gasteiger charge is 2.08. The van der Waals surface area contributed by atoms with Crippen LogP contribution in [0.15, 0.2) is 48.5 Å². The number of benzene rings is 2. The fourth-order valence-corrected chi connectivity index (χ4v) is 2.21. The molecule has 0 atom stereocenters. The zero-order valence-corrected chi connectivity index (χ0v) is 12.9. The number of rotatable bonds is 5. The van der Waals surface area contributed by atoms with Crippen LogP contribution in [0.25, 0.3) is 0 Å². The number of hydrogen-bond donors (Lipinski definition) is 1. The van der Waals surface area contributed by atoms with Crippen molar-refractivity contribution in [3.05, 3.63) is 59.7 Å². The first-order valence-electron chi connectivity index (χ1n) is 7.19. The van der Waals surface area contributed by atoms with E-state index in [-0.39, 0.29) is 0 Å². The molecule has 0 aromatic heterocycles.